The maximum absolute atomic E-state index is 13.8. The number of hydrogen-bond donors (Lipinski definition) is 1. The van der Waals surface area contributed by atoms with Crippen LogP contribution in [0.25, 0.3) is 0 Å². The number of hydrogen-bond acceptors (Lipinski definition) is 3. The summed E-state index contributed by atoms with van der Waals surface area (Å²) in [5.74, 6) is -3.42. The summed E-state index contributed by atoms with van der Waals surface area (Å²) in [6.07, 6.45) is 0. The Kier molecular flexibility index (Phi) is 3.57. The molecule has 1 amide bonds. The predicted molar refractivity (Wildman–Crippen MR) is 63.5 cm³/mol. The van der Waals surface area contributed by atoms with Crippen LogP contribution in [0.5, 0.6) is 5.75 Å². The van der Waals surface area contributed by atoms with Crippen LogP contribution in [0.15, 0.2) is 29.6 Å². The van der Waals surface area contributed by atoms with Crippen molar-refractivity contribution >= 4 is 17.2 Å². The van der Waals surface area contributed by atoms with Crippen LogP contribution in [-0.2, 0) is 6.61 Å². The molecule has 0 saturated carbocycles. The first-order chi connectivity index (χ1) is 8.59. The molecule has 18 heavy (non-hydrogen) atoms. The Morgan fingerprint density at radius 2 is 2.11 bits per heavy atom. The number of carbonyl (C=O) groups is 1. The van der Waals surface area contributed by atoms with E-state index in [1.165, 1.54) is 11.3 Å². The molecule has 94 valence electrons. The van der Waals surface area contributed by atoms with Gasteiger partial charge in [0.15, 0.2) is 11.6 Å². The van der Waals surface area contributed by atoms with E-state index in [2.05, 4.69) is 0 Å². The van der Waals surface area contributed by atoms with Gasteiger partial charge >= 0.3 is 0 Å². The fraction of sp³-hybridized carbons (Fsp3) is 0.0833. The number of halogens is 2. The molecule has 0 fully saturated rings. The first-order valence-corrected chi connectivity index (χ1v) is 5.90. The predicted octanol–water partition coefficient (Wildman–Crippen LogP) is 2.70. The second kappa shape index (κ2) is 5.14. The summed E-state index contributed by atoms with van der Waals surface area (Å²) >= 11 is 1.45. The summed E-state index contributed by atoms with van der Waals surface area (Å²) in [4.78, 5) is 11.8. The number of primary amides is 1. The minimum absolute atomic E-state index is 0.151. The van der Waals surface area contributed by atoms with Crippen LogP contribution in [0.2, 0.25) is 0 Å². The molecule has 2 aromatic rings. The Morgan fingerprint density at radius 1 is 1.33 bits per heavy atom. The first kappa shape index (κ1) is 12.5. The maximum Gasteiger partial charge on any atom is 0.254 e. The highest BCUT2D eigenvalue weighted by Gasteiger charge is 2.19. The largest absolute Gasteiger partial charge is 0.485 e. The molecule has 0 atom stereocenters. The molecule has 2 rings (SSSR count). The molecular formula is C12H9F2NO2S. The standard InChI is InChI=1S/C12H9F2NO2S/c13-8-3-4-9(11(14)10(8)12(15)16)17-6-7-2-1-5-18-7/h1-5H,6H2,(H2,15,16). The molecule has 1 aromatic heterocycles. The summed E-state index contributed by atoms with van der Waals surface area (Å²) in [6, 6.07) is 5.73. The Bertz CT molecular complexity index is 570. The molecule has 0 unspecified atom stereocenters. The third-order valence-electron chi connectivity index (χ3n) is 2.25. The third-order valence-corrected chi connectivity index (χ3v) is 3.10. The quantitative estimate of drug-likeness (QED) is 0.927. The molecule has 1 heterocycles. The first-order valence-electron chi connectivity index (χ1n) is 5.02. The van der Waals surface area contributed by atoms with Crippen molar-refractivity contribution < 1.29 is 18.3 Å². The number of thiophene rings is 1. The number of rotatable bonds is 4. The van der Waals surface area contributed by atoms with Crippen LogP contribution in [0.3, 0.4) is 0 Å². The van der Waals surface area contributed by atoms with E-state index in [4.69, 9.17) is 10.5 Å². The van der Waals surface area contributed by atoms with Crippen molar-refractivity contribution in [2.45, 2.75) is 6.61 Å². The van der Waals surface area contributed by atoms with Gasteiger partial charge in [0.25, 0.3) is 5.91 Å². The lowest BCUT2D eigenvalue weighted by molar-refractivity contribution is 0.0991. The van der Waals surface area contributed by atoms with Crippen LogP contribution in [0.1, 0.15) is 15.2 Å². The van der Waals surface area contributed by atoms with Crippen LogP contribution in [-0.4, -0.2) is 5.91 Å². The Hall–Kier alpha value is -1.95. The topological polar surface area (TPSA) is 52.3 Å². The van der Waals surface area contributed by atoms with Gasteiger partial charge in [-0.1, -0.05) is 6.07 Å². The van der Waals surface area contributed by atoms with E-state index in [0.29, 0.717) is 0 Å². The smallest absolute Gasteiger partial charge is 0.254 e. The molecule has 0 radical (unpaired) electrons. The lowest BCUT2D eigenvalue weighted by Crippen LogP contribution is -2.16. The van der Waals surface area contributed by atoms with Gasteiger partial charge in [-0.25, -0.2) is 8.78 Å². The SMILES string of the molecule is NC(=O)c1c(F)ccc(OCc2cccs2)c1F. The molecule has 6 heteroatoms. The highest BCUT2D eigenvalue weighted by Crippen LogP contribution is 2.24. The molecular weight excluding hydrogens is 260 g/mol. The Balaban J connectivity index is 2.23. The van der Waals surface area contributed by atoms with E-state index >= 15 is 0 Å². The zero-order valence-corrected chi connectivity index (χ0v) is 9.97. The number of amides is 1. The number of carbonyl (C=O) groups excluding carboxylic acids is 1. The van der Waals surface area contributed by atoms with Gasteiger partial charge in [0, 0.05) is 4.88 Å². The summed E-state index contributed by atoms with van der Waals surface area (Å²) in [5, 5.41) is 1.86. The number of ether oxygens (including phenoxy) is 1. The van der Waals surface area contributed by atoms with Gasteiger partial charge in [-0.2, -0.15) is 0 Å². The molecule has 1 aromatic carbocycles. The average Bonchev–Trinajstić information content (AvgIpc) is 2.80. The van der Waals surface area contributed by atoms with E-state index in [-0.39, 0.29) is 12.4 Å². The van der Waals surface area contributed by atoms with Crippen LogP contribution in [0.4, 0.5) is 8.78 Å². The normalized spacial score (nSPS) is 10.3. The van der Waals surface area contributed by atoms with Gasteiger partial charge < -0.3 is 10.5 Å². The number of benzene rings is 1. The van der Waals surface area contributed by atoms with E-state index in [9.17, 15) is 13.6 Å². The molecule has 0 aliphatic heterocycles. The van der Waals surface area contributed by atoms with E-state index in [1.807, 2.05) is 17.5 Å². The van der Waals surface area contributed by atoms with Crippen LogP contribution in [0, 0.1) is 11.6 Å². The fourth-order valence-corrected chi connectivity index (χ4v) is 2.03. The summed E-state index contributed by atoms with van der Waals surface area (Å²) in [6.45, 7) is 0.151. The minimum atomic E-state index is -1.16. The lowest BCUT2D eigenvalue weighted by atomic mass is 10.1. The average molecular weight is 269 g/mol. The minimum Gasteiger partial charge on any atom is -0.485 e. The Labute approximate surface area is 106 Å². The van der Waals surface area contributed by atoms with Crippen molar-refractivity contribution in [3.8, 4) is 5.75 Å². The van der Waals surface area contributed by atoms with Gasteiger partial charge in [-0.05, 0) is 23.6 Å². The van der Waals surface area contributed by atoms with Crippen LogP contribution < -0.4 is 10.5 Å². The summed E-state index contributed by atoms with van der Waals surface area (Å²) in [5.41, 5.74) is 4.12. The second-order valence-corrected chi connectivity index (χ2v) is 4.50. The Morgan fingerprint density at radius 3 is 2.72 bits per heavy atom. The monoisotopic (exact) mass is 269 g/mol. The lowest BCUT2D eigenvalue weighted by Gasteiger charge is -2.08. The van der Waals surface area contributed by atoms with Gasteiger partial charge in [-0.3, -0.25) is 4.79 Å². The van der Waals surface area contributed by atoms with Crippen LogP contribution >= 0.6 is 11.3 Å². The molecule has 0 aliphatic carbocycles. The molecule has 0 saturated heterocycles. The van der Waals surface area contributed by atoms with E-state index < -0.39 is 23.1 Å². The van der Waals surface area contributed by atoms with Gasteiger partial charge in [0.2, 0.25) is 0 Å². The molecule has 2 N–H and O–H groups in total. The molecule has 0 bridgehead atoms. The van der Waals surface area contributed by atoms with E-state index in [1.54, 1.807) is 0 Å². The van der Waals surface area contributed by atoms with Crippen molar-refractivity contribution in [2.75, 3.05) is 0 Å². The van der Waals surface area contributed by atoms with Crippen molar-refractivity contribution in [1.29, 1.82) is 0 Å². The van der Waals surface area contributed by atoms with Crippen molar-refractivity contribution in [3.05, 3.63) is 51.7 Å². The van der Waals surface area contributed by atoms with Crippen molar-refractivity contribution in [2.24, 2.45) is 5.73 Å². The highest BCUT2D eigenvalue weighted by molar-refractivity contribution is 7.09. The van der Waals surface area contributed by atoms with Crippen molar-refractivity contribution in [3.63, 3.8) is 0 Å². The summed E-state index contributed by atoms with van der Waals surface area (Å²) < 4.78 is 32.1. The molecule has 3 nitrogen and oxygen atoms in total. The van der Waals surface area contributed by atoms with Crippen molar-refractivity contribution in [1.82, 2.24) is 0 Å². The third kappa shape index (κ3) is 2.48. The zero-order chi connectivity index (χ0) is 13.1. The molecule has 0 aliphatic rings. The fourth-order valence-electron chi connectivity index (χ4n) is 1.41. The zero-order valence-electron chi connectivity index (χ0n) is 9.15. The van der Waals surface area contributed by atoms with E-state index in [0.717, 1.165) is 17.0 Å². The highest BCUT2D eigenvalue weighted by atomic mass is 32.1. The summed E-state index contributed by atoms with van der Waals surface area (Å²) in [7, 11) is 0. The van der Waals surface area contributed by atoms with Gasteiger partial charge in [0.1, 0.15) is 18.0 Å². The second-order valence-electron chi connectivity index (χ2n) is 3.47. The van der Waals surface area contributed by atoms with Gasteiger partial charge in [-0.15, -0.1) is 11.3 Å². The molecule has 0 spiro atoms. The maximum atomic E-state index is 13.8. The van der Waals surface area contributed by atoms with Gasteiger partial charge in [0.05, 0.1) is 0 Å². The number of nitrogens with two attached hydrogens (primary N) is 1.